The number of aromatic nitrogens is 2. The van der Waals surface area contributed by atoms with Gasteiger partial charge in [0, 0.05) is 44.3 Å². The molecular formula is C12H19N5O2S2. The van der Waals surface area contributed by atoms with Crippen LogP contribution >= 0.6 is 11.3 Å². The fourth-order valence-electron chi connectivity index (χ4n) is 2.53. The molecule has 1 N–H and O–H groups in total. The lowest BCUT2D eigenvalue weighted by Crippen LogP contribution is -2.52. The number of hydrogen-bond acceptors (Lipinski definition) is 6. The van der Waals surface area contributed by atoms with Gasteiger partial charge >= 0.3 is 0 Å². The molecule has 7 nitrogen and oxygen atoms in total. The number of sulfonamides is 1. The van der Waals surface area contributed by atoms with Crippen LogP contribution in [0, 0.1) is 0 Å². The molecule has 0 bridgehead atoms. The minimum Gasteiger partial charge on any atom is -0.371 e. The molecule has 0 aromatic carbocycles. The van der Waals surface area contributed by atoms with Crippen molar-refractivity contribution in [3.63, 3.8) is 0 Å². The number of likely N-dealkylation sites (N-methyl/N-ethyl adjacent to an activating group) is 1. The summed E-state index contributed by atoms with van der Waals surface area (Å²) in [6.45, 7) is 3.78. The van der Waals surface area contributed by atoms with Gasteiger partial charge in [0.05, 0.1) is 0 Å². The molecule has 0 spiro atoms. The largest absolute Gasteiger partial charge is 0.371 e. The predicted molar refractivity (Wildman–Crippen MR) is 83.5 cm³/mol. The van der Waals surface area contributed by atoms with Gasteiger partial charge < -0.3 is 10.2 Å². The number of anilines is 1. The molecule has 9 heteroatoms. The average molecular weight is 329 g/mol. The first kappa shape index (κ1) is 14.8. The second-order valence-corrected chi connectivity index (χ2v) is 7.99. The van der Waals surface area contributed by atoms with Crippen LogP contribution in [0.4, 0.5) is 5.82 Å². The Hall–Kier alpha value is -1.16. The summed E-state index contributed by atoms with van der Waals surface area (Å²) in [5.41, 5.74) is 0. The second-order valence-electron chi connectivity index (χ2n) is 5.26. The summed E-state index contributed by atoms with van der Waals surface area (Å²) in [6.07, 6.45) is 1.75. The molecule has 116 valence electrons. The molecule has 0 saturated carbocycles. The van der Waals surface area contributed by atoms with Gasteiger partial charge in [-0.15, -0.1) is 11.3 Å². The van der Waals surface area contributed by atoms with E-state index in [9.17, 15) is 8.42 Å². The molecule has 1 aliphatic rings. The van der Waals surface area contributed by atoms with E-state index in [1.807, 2.05) is 19.4 Å². The van der Waals surface area contributed by atoms with E-state index in [0.29, 0.717) is 23.9 Å². The summed E-state index contributed by atoms with van der Waals surface area (Å²) in [4.78, 5) is 7.19. The van der Waals surface area contributed by atoms with E-state index < -0.39 is 10.0 Å². The number of hydrogen-bond donors (Lipinski definition) is 1. The van der Waals surface area contributed by atoms with Crippen LogP contribution in [-0.4, -0.2) is 66.8 Å². The molecule has 0 aliphatic carbocycles. The standard InChI is InChI=1S/C12H19N5O2S2/c1-9-8-16(5-4-15(9)3)21(18,19)11-10(13-2)14-12-17(11)6-7-20-12/h6-7,9,13H,4-5,8H2,1-3H3. The first-order valence-electron chi connectivity index (χ1n) is 6.79. The Morgan fingerprint density at radius 3 is 2.86 bits per heavy atom. The van der Waals surface area contributed by atoms with Crippen molar-refractivity contribution in [3.05, 3.63) is 11.6 Å². The van der Waals surface area contributed by atoms with Crippen LogP contribution in [0.1, 0.15) is 6.92 Å². The normalized spacial score (nSPS) is 22.0. The molecule has 1 aliphatic heterocycles. The number of nitrogens with one attached hydrogen (secondary N) is 1. The Morgan fingerprint density at radius 2 is 2.19 bits per heavy atom. The SMILES string of the molecule is CNc1nc2sccn2c1S(=O)(=O)N1CCN(C)C(C)C1. The van der Waals surface area contributed by atoms with Crippen LogP contribution in [0.5, 0.6) is 0 Å². The van der Waals surface area contributed by atoms with E-state index in [1.165, 1.54) is 11.3 Å². The van der Waals surface area contributed by atoms with Crippen LogP contribution in [0.2, 0.25) is 0 Å². The topological polar surface area (TPSA) is 70.0 Å². The van der Waals surface area contributed by atoms with Crippen molar-refractivity contribution in [1.82, 2.24) is 18.6 Å². The van der Waals surface area contributed by atoms with Crippen LogP contribution in [0.3, 0.4) is 0 Å². The summed E-state index contributed by atoms with van der Waals surface area (Å²) in [7, 11) is 0.147. The second kappa shape index (κ2) is 5.24. The number of piperazine rings is 1. The summed E-state index contributed by atoms with van der Waals surface area (Å²) < 4.78 is 29.2. The molecule has 2 aromatic rings. The fraction of sp³-hybridized carbons (Fsp3) is 0.583. The highest BCUT2D eigenvalue weighted by atomic mass is 32.2. The Kier molecular flexibility index (Phi) is 3.68. The third-order valence-corrected chi connectivity index (χ3v) is 6.61. The minimum absolute atomic E-state index is 0.206. The molecule has 0 amide bonds. The van der Waals surface area contributed by atoms with Gasteiger partial charge in [0.25, 0.3) is 10.0 Å². The fourth-order valence-corrected chi connectivity index (χ4v) is 5.07. The van der Waals surface area contributed by atoms with Gasteiger partial charge in [0.15, 0.2) is 15.8 Å². The third-order valence-electron chi connectivity index (χ3n) is 3.96. The molecule has 1 atom stereocenters. The maximum atomic E-state index is 13.0. The van der Waals surface area contributed by atoms with Gasteiger partial charge in [-0.25, -0.2) is 13.4 Å². The van der Waals surface area contributed by atoms with Crippen molar-refractivity contribution in [2.24, 2.45) is 0 Å². The Morgan fingerprint density at radius 1 is 1.43 bits per heavy atom. The highest BCUT2D eigenvalue weighted by Crippen LogP contribution is 2.29. The van der Waals surface area contributed by atoms with Crippen molar-refractivity contribution >= 4 is 32.1 Å². The van der Waals surface area contributed by atoms with Crippen molar-refractivity contribution < 1.29 is 8.42 Å². The molecule has 21 heavy (non-hydrogen) atoms. The minimum atomic E-state index is -3.56. The van der Waals surface area contributed by atoms with Crippen LogP contribution in [0.15, 0.2) is 16.6 Å². The van der Waals surface area contributed by atoms with Crippen LogP contribution in [-0.2, 0) is 10.0 Å². The van der Waals surface area contributed by atoms with E-state index in [-0.39, 0.29) is 11.1 Å². The van der Waals surface area contributed by atoms with Gasteiger partial charge in [-0.3, -0.25) is 4.40 Å². The van der Waals surface area contributed by atoms with E-state index in [4.69, 9.17) is 0 Å². The zero-order valence-electron chi connectivity index (χ0n) is 12.3. The lowest BCUT2D eigenvalue weighted by Gasteiger charge is -2.36. The maximum Gasteiger partial charge on any atom is 0.263 e. The Bertz CT molecular complexity index is 751. The third kappa shape index (κ3) is 2.33. The van der Waals surface area contributed by atoms with Gasteiger partial charge in [0.1, 0.15) is 0 Å². The summed E-state index contributed by atoms with van der Waals surface area (Å²) >= 11 is 1.42. The molecule has 1 saturated heterocycles. The van der Waals surface area contributed by atoms with Gasteiger partial charge in [-0.1, -0.05) is 0 Å². The van der Waals surface area contributed by atoms with Gasteiger partial charge in [0.2, 0.25) is 0 Å². The number of thiazole rings is 1. The monoisotopic (exact) mass is 329 g/mol. The smallest absolute Gasteiger partial charge is 0.263 e. The number of nitrogens with zero attached hydrogens (tertiary/aromatic N) is 4. The van der Waals surface area contributed by atoms with Crippen LogP contribution < -0.4 is 5.32 Å². The Balaban J connectivity index is 2.06. The van der Waals surface area contributed by atoms with Gasteiger partial charge in [-0.2, -0.15) is 4.31 Å². The van der Waals surface area contributed by atoms with E-state index >= 15 is 0 Å². The molecule has 2 aromatic heterocycles. The molecule has 1 unspecified atom stereocenters. The van der Waals surface area contributed by atoms with E-state index in [0.717, 1.165) is 6.54 Å². The summed E-state index contributed by atoms with van der Waals surface area (Å²) in [5, 5.41) is 4.97. The lowest BCUT2D eigenvalue weighted by atomic mass is 10.2. The van der Waals surface area contributed by atoms with Crippen molar-refractivity contribution in [2.45, 2.75) is 18.0 Å². The molecule has 3 heterocycles. The summed E-state index contributed by atoms with van der Waals surface area (Å²) in [5.74, 6) is 0.411. The quantitative estimate of drug-likeness (QED) is 0.900. The van der Waals surface area contributed by atoms with Crippen molar-refractivity contribution in [3.8, 4) is 0 Å². The number of imidazole rings is 1. The first-order chi connectivity index (χ1) is 9.95. The Labute approximate surface area is 128 Å². The van der Waals surface area contributed by atoms with Crippen LogP contribution in [0.25, 0.3) is 4.96 Å². The zero-order chi connectivity index (χ0) is 15.2. The molecule has 0 radical (unpaired) electrons. The molecule has 3 rings (SSSR count). The van der Waals surface area contributed by atoms with Gasteiger partial charge in [-0.05, 0) is 14.0 Å². The number of rotatable bonds is 3. The van der Waals surface area contributed by atoms with Crippen molar-refractivity contribution in [1.29, 1.82) is 0 Å². The lowest BCUT2D eigenvalue weighted by molar-refractivity contribution is 0.159. The highest BCUT2D eigenvalue weighted by Gasteiger charge is 2.35. The zero-order valence-corrected chi connectivity index (χ0v) is 13.9. The van der Waals surface area contributed by atoms with Crippen molar-refractivity contribution in [2.75, 3.05) is 39.0 Å². The summed E-state index contributed by atoms with van der Waals surface area (Å²) in [6, 6.07) is 0.206. The predicted octanol–water partition coefficient (Wildman–Crippen LogP) is 0.762. The van der Waals surface area contributed by atoms with E-state index in [1.54, 1.807) is 22.0 Å². The molecular weight excluding hydrogens is 310 g/mol. The number of fused-ring (bicyclic) bond motifs is 1. The maximum absolute atomic E-state index is 13.0. The first-order valence-corrected chi connectivity index (χ1v) is 9.11. The van der Waals surface area contributed by atoms with E-state index in [2.05, 4.69) is 15.2 Å². The molecule has 1 fully saturated rings. The highest BCUT2D eigenvalue weighted by molar-refractivity contribution is 7.89. The average Bonchev–Trinajstić information content (AvgIpc) is 3.00.